The van der Waals surface area contributed by atoms with Crippen LogP contribution in [0.2, 0.25) is 0 Å². The Morgan fingerprint density at radius 3 is 2.76 bits per heavy atom. The third-order valence-electron chi connectivity index (χ3n) is 3.83. The summed E-state index contributed by atoms with van der Waals surface area (Å²) in [5.41, 5.74) is 2.02. The number of nitrogens with one attached hydrogen (secondary N) is 1. The van der Waals surface area contributed by atoms with Crippen LogP contribution in [0.15, 0.2) is 24.3 Å². The lowest BCUT2D eigenvalue weighted by molar-refractivity contribution is 0.507. The van der Waals surface area contributed by atoms with Crippen LogP contribution in [0.1, 0.15) is 12.0 Å². The van der Waals surface area contributed by atoms with Crippen LogP contribution in [0.25, 0.3) is 0 Å². The van der Waals surface area contributed by atoms with Gasteiger partial charge in [0.1, 0.15) is 0 Å². The van der Waals surface area contributed by atoms with E-state index >= 15 is 0 Å². The highest BCUT2D eigenvalue weighted by molar-refractivity contribution is 7.92. The standard InChI is InChI=1S/C12H16N2O2S/c1-17(15,16)14-9-12(6-7-13-8-12)10-4-2-3-5-11(10)14/h2-5,13H,6-9H2,1H3. The van der Waals surface area contributed by atoms with Gasteiger partial charge in [-0.15, -0.1) is 0 Å². The lowest BCUT2D eigenvalue weighted by Gasteiger charge is -2.23. The van der Waals surface area contributed by atoms with Gasteiger partial charge < -0.3 is 5.32 Å². The van der Waals surface area contributed by atoms with E-state index in [1.54, 1.807) is 4.31 Å². The molecule has 0 radical (unpaired) electrons. The van der Waals surface area contributed by atoms with Crippen molar-refractivity contribution < 1.29 is 8.42 Å². The van der Waals surface area contributed by atoms with E-state index in [9.17, 15) is 8.42 Å². The maximum atomic E-state index is 11.8. The number of hydrogen-bond acceptors (Lipinski definition) is 3. The van der Waals surface area contributed by atoms with Gasteiger partial charge in [-0.2, -0.15) is 0 Å². The van der Waals surface area contributed by atoms with E-state index in [1.807, 2.05) is 18.2 Å². The minimum absolute atomic E-state index is 0.0142. The summed E-state index contributed by atoms with van der Waals surface area (Å²) in [6.45, 7) is 2.42. The van der Waals surface area contributed by atoms with Crippen LogP contribution in [0.3, 0.4) is 0 Å². The van der Waals surface area contributed by atoms with Crippen molar-refractivity contribution in [1.82, 2.24) is 5.32 Å². The molecule has 17 heavy (non-hydrogen) atoms. The molecule has 0 aromatic heterocycles. The van der Waals surface area contributed by atoms with Gasteiger partial charge in [-0.05, 0) is 24.6 Å². The Balaban J connectivity index is 2.16. The number of fused-ring (bicyclic) bond motifs is 2. The molecule has 2 aliphatic heterocycles. The van der Waals surface area contributed by atoms with E-state index in [2.05, 4.69) is 11.4 Å². The van der Waals surface area contributed by atoms with Crippen LogP contribution in [-0.2, 0) is 15.4 Å². The van der Waals surface area contributed by atoms with Gasteiger partial charge in [-0.3, -0.25) is 4.31 Å². The molecule has 3 rings (SSSR count). The largest absolute Gasteiger partial charge is 0.316 e. The third-order valence-corrected chi connectivity index (χ3v) is 4.96. The molecule has 0 amide bonds. The smallest absolute Gasteiger partial charge is 0.232 e. The second kappa shape index (κ2) is 3.46. The molecule has 1 aromatic rings. The van der Waals surface area contributed by atoms with Crippen LogP contribution >= 0.6 is 0 Å². The maximum absolute atomic E-state index is 11.8. The van der Waals surface area contributed by atoms with Gasteiger partial charge >= 0.3 is 0 Å². The fourth-order valence-electron chi connectivity index (χ4n) is 2.99. The zero-order chi connectivity index (χ0) is 12.1. The number of nitrogens with zero attached hydrogens (tertiary/aromatic N) is 1. The fraction of sp³-hybridized carbons (Fsp3) is 0.500. The lowest BCUT2D eigenvalue weighted by Crippen LogP contribution is -2.37. The molecule has 1 unspecified atom stereocenters. The lowest BCUT2D eigenvalue weighted by atomic mass is 9.82. The minimum Gasteiger partial charge on any atom is -0.316 e. The molecule has 92 valence electrons. The Morgan fingerprint density at radius 1 is 1.35 bits per heavy atom. The fourth-order valence-corrected chi connectivity index (χ4v) is 3.99. The van der Waals surface area contributed by atoms with E-state index in [1.165, 1.54) is 11.8 Å². The molecular weight excluding hydrogens is 236 g/mol. The predicted molar refractivity (Wildman–Crippen MR) is 67.8 cm³/mol. The van der Waals surface area contributed by atoms with Gasteiger partial charge in [0.2, 0.25) is 10.0 Å². The Morgan fingerprint density at radius 2 is 2.12 bits per heavy atom. The summed E-state index contributed by atoms with van der Waals surface area (Å²) < 4.78 is 25.2. The highest BCUT2D eigenvalue weighted by Gasteiger charge is 2.46. The number of sulfonamides is 1. The maximum Gasteiger partial charge on any atom is 0.232 e. The summed E-state index contributed by atoms with van der Waals surface area (Å²) >= 11 is 0. The first kappa shape index (κ1) is 11.0. The number of hydrogen-bond donors (Lipinski definition) is 1. The third kappa shape index (κ3) is 1.57. The Hall–Kier alpha value is -1.07. The zero-order valence-corrected chi connectivity index (χ0v) is 10.6. The zero-order valence-electron chi connectivity index (χ0n) is 9.81. The summed E-state index contributed by atoms with van der Waals surface area (Å²) in [6.07, 6.45) is 2.29. The molecule has 2 heterocycles. The topological polar surface area (TPSA) is 49.4 Å². The van der Waals surface area contributed by atoms with Crippen molar-refractivity contribution in [3.8, 4) is 0 Å². The van der Waals surface area contributed by atoms with E-state index in [0.717, 1.165) is 25.2 Å². The van der Waals surface area contributed by atoms with E-state index in [-0.39, 0.29) is 5.41 Å². The van der Waals surface area contributed by atoms with E-state index in [4.69, 9.17) is 0 Å². The quantitative estimate of drug-likeness (QED) is 0.800. The second-order valence-corrected chi connectivity index (χ2v) is 6.90. The van der Waals surface area contributed by atoms with Gasteiger partial charge in [-0.1, -0.05) is 18.2 Å². The highest BCUT2D eigenvalue weighted by atomic mass is 32.2. The molecule has 1 atom stereocenters. The molecule has 1 saturated heterocycles. The molecule has 0 bridgehead atoms. The molecule has 1 fully saturated rings. The molecule has 0 aliphatic carbocycles. The SMILES string of the molecule is CS(=O)(=O)N1CC2(CCNC2)c2ccccc21. The molecule has 5 heteroatoms. The van der Waals surface area contributed by atoms with Crippen molar-refractivity contribution in [2.75, 3.05) is 30.2 Å². The van der Waals surface area contributed by atoms with Crippen molar-refractivity contribution in [3.05, 3.63) is 29.8 Å². The monoisotopic (exact) mass is 252 g/mol. The average Bonchev–Trinajstić information content (AvgIpc) is 2.86. The van der Waals surface area contributed by atoms with Crippen molar-refractivity contribution in [2.24, 2.45) is 0 Å². The number of rotatable bonds is 1. The number of para-hydroxylation sites is 1. The molecule has 2 aliphatic rings. The number of benzene rings is 1. The highest BCUT2D eigenvalue weighted by Crippen LogP contribution is 2.45. The van der Waals surface area contributed by atoms with Gasteiger partial charge in [0.05, 0.1) is 11.9 Å². The predicted octanol–water partition coefficient (Wildman–Crippen LogP) is 0.697. The average molecular weight is 252 g/mol. The van der Waals surface area contributed by atoms with Crippen LogP contribution in [0.4, 0.5) is 5.69 Å². The first-order valence-corrected chi connectivity index (χ1v) is 7.66. The molecule has 1 aromatic carbocycles. The molecule has 1 N–H and O–H groups in total. The minimum atomic E-state index is -3.17. The summed E-state index contributed by atoms with van der Waals surface area (Å²) in [4.78, 5) is 0. The number of anilines is 1. The Labute approximate surface area is 102 Å². The van der Waals surface area contributed by atoms with Crippen LogP contribution < -0.4 is 9.62 Å². The van der Waals surface area contributed by atoms with Crippen molar-refractivity contribution in [1.29, 1.82) is 0 Å². The first-order chi connectivity index (χ1) is 8.03. The van der Waals surface area contributed by atoms with Crippen LogP contribution in [0, 0.1) is 0 Å². The van der Waals surface area contributed by atoms with Gasteiger partial charge in [-0.25, -0.2) is 8.42 Å². The van der Waals surface area contributed by atoms with Gasteiger partial charge in [0, 0.05) is 18.5 Å². The summed E-state index contributed by atoms with van der Waals surface area (Å²) in [5, 5.41) is 3.35. The summed E-state index contributed by atoms with van der Waals surface area (Å²) in [6, 6.07) is 7.86. The normalized spacial score (nSPS) is 27.7. The Kier molecular flexibility index (Phi) is 2.25. The van der Waals surface area contributed by atoms with Gasteiger partial charge in [0.15, 0.2) is 0 Å². The van der Waals surface area contributed by atoms with Crippen molar-refractivity contribution >= 4 is 15.7 Å². The molecule has 4 nitrogen and oxygen atoms in total. The molecule has 0 saturated carbocycles. The van der Waals surface area contributed by atoms with Crippen molar-refractivity contribution in [3.63, 3.8) is 0 Å². The van der Waals surface area contributed by atoms with Crippen molar-refractivity contribution in [2.45, 2.75) is 11.8 Å². The van der Waals surface area contributed by atoms with E-state index < -0.39 is 10.0 Å². The Bertz CT molecular complexity index is 547. The summed E-state index contributed by atoms with van der Waals surface area (Å²) in [7, 11) is -3.17. The van der Waals surface area contributed by atoms with E-state index in [0.29, 0.717) is 6.54 Å². The summed E-state index contributed by atoms with van der Waals surface area (Å²) in [5.74, 6) is 0. The molecular formula is C12H16N2O2S. The first-order valence-electron chi connectivity index (χ1n) is 5.81. The van der Waals surface area contributed by atoms with Gasteiger partial charge in [0.25, 0.3) is 0 Å². The second-order valence-electron chi connectivity index (χ2n) is 4.99. The molecule has 1 spiro atoms. The van der Waals surface area contributed by atoms with Crippen LogP contribution in [0.5, 0.6) is 0 Å². The van der Waals surface area contributed by atoms with Crippen LogP contribution in [-0.4, -0.2) is 34.3 Å².